The number of nitrogens with zero attached hydrogens (tertiary/aromatic N) is 3. The van der Waals surface area contributed by atoms with Crippen molar-refractivity contribution >= 4 is 17.7 Å². The van der Waals surface area contributed by atoms with Crippen molar-refractivity contribution in [3.05, 3.63) is 48.4 Å². The minimum absolute atomic E-state index is 0.0325. The molecule has 0 unspecified atom stereocenters. The monoisotopic (exact) mass is 383 g/mol. The number of likely N-dealkylation sites (tertiary alicyclic amines) is 1. The number of hydrogen-bond donors (Lipinski definition) is 0. The number of alkyl halides is 3. The first-order valence-corrected chi connectivity index (χ1v) is 8.91. The van der Waals surface area contributed by atoms with E-state index in [1.165, 1.54) is 11.8 Å². The van der Waals surface area contributed by atoms with E-state index in [2.05, 4.69) is 9.97 Å². The Morgan fingerprint density at radius 3 is 2.77 bits per heavy atom. The number of pyridine rings is 2. The first-order chi connectivity index (χ1) is 12.4. The van der Waals surface area contributed by atoms with Crippen LogP contribution in [-0.2, 0) is 11.0 Å². The molecule has 3 rings (SSSR count). The van der Waals surface area contributed by atoms with Crippen LogP contribution < -0.4 is 4.74 Å². The Balaban J connectivity index is 1.51. The molecule has 1 fully saturated rings. The Morgan fingerprint density at radius 1 is 1.27 bits per heavy atom. The van der Waals surface area contributed by atoms with Gasteiger partial charge < -0.3 is 9.64 Å². The number of hydrogen-bond acceptors (Lipinski definition) is 5. The van der Waals surface area contributed by atoms with Gasteiger partial charge in [-0.3, -0.25) is 9.78 Å². The highest BCUT2D eigenvalue weighted by Gasteiger charge is 2.32. The Morgan fingerprint density at radius 2 is 2.04 bits per heavy atom. The summed E-state index contributed by atoms with van der Waals surface area (Å²) >= 11 is 1.42. The summed E-state index contributed by atoms with van der Waals surface area (Å²) in [7, 11) is 0. The van der Waals surface area contributed by atoms with Gasteiger partial charge in [-0.05, 0) is 18.2 Å². The zero-order valence-corrected chi connectivity index (χ0v) is 14.5. The van der Waals surface area contributed by atoms with Gasteiger partial charge in [0.1, 0.15) is 6.10 Å². The van der Waals surface area contributed by atoms with Gasteiger partial charge in [-0.2, -0.15) is 13.2 Å². The molecule has 0 bridgehead atoms. The summed E-state index contributed by atoms with van der Waals surface area (Å²) in [6.45, 7) is 0.854. The molecule has 3 heterocycles. The van der Waals surface area contributed by atoms with Crippen LogP contribution in [0.25, 0.3) is 0 Å². The number of rotatable bonds is 5. The SMILES string of the molecule is O=C(CSc1ccncc1)N1CC[C@H](Oc2cc(C(F)(F)F)ccn2)C1. The molecule has 1 aliphatic rings. The van der Waals surface area contributed by atoms with Crippen molar-refractivity contribution < 1.29 is 22.7 Å². The van der Waals surface area contributed by atoms with Gasteiger partial charge >= 0.3 is 6.18 Å². The highest BCUT2D eigenvalue weighted by Crippen LogP contribution is 2.31. The molecule has 2 aromatic heterocycles. The van der Waals surface area contributed by atoms with Crippen molar-refractivity contribution in [1.29, 1.82) is 0 Å². The highest BCUT2D eigenvalue weighted by molar-refractivity contribution is 8.00. The lowest BCUT2D eigenvalue weighted by atomic mass is 10.2. The van der Waals surface area contributed by atoms with Crippen LogP contribution in [0.2, 0.25) is 0 Å². The number of halogens is 3. The molecule has 2 aromatic rings. The van der Waals surface area contributed by atoms with Gasteiger partial charge in [0, 0.05) is 42.5 Å². The summed E-state index contributed by atoms with van der Waals surface area (Å²) in [6, 6.07) is 5.43. The van der Waals surface area contributed by atoms with E-state index in [0.29, 0.717) is 25.3 Å². The largest absolute Gasteiger partial charge is 0.472 e. The van der Waals surface area contributed by atoms with Crippen LogP contribution in [0.1, 0.15) is 12.0 Å². The van der Waals surface area contributed by atoms with Gasteiger partial charge in [0.05, 0.1) is 17.9 Å². The molecule has 0 N–H and O–H groups in total. The zero-order chi connectivity index (χ0) is 18.6. The fraction of sp³-hybridized carbons (Fsp3) is 0.353. The molecule has 0 saturated carbocycles. The zero-order valence-electron chi connectivity index (χ0n) is 13.6. The summed E-state index contributed by atoms with van der Waals surface area (Å²) in [4.78, 5) is 22.6. The van der Waals surface area contributed by atoms with Gasteiger partial charge in [-0.1, -0.05) is 0 Å². The van der Waals surface area contributed by atoms with E-state index >= 15 is 0 Å². The summed E-state index contributed by atoms with van der Waals surface area (Å²) in [6.07, 6.45) is 0.151. The van der Waals surface area contributed by atoms with Crippen molar-refractivity contribution in [2.45, 2.75) is 23.6 Å². The fourth-order valence-corrected chi connectivity index (χ4v) is 3.33. The van der Waals surface area contributed by atoms with Gasteiger partial charge in [0.2, 0.25) is 11.8 Å². The second-order valence-corrected chi connectivity index (χ2v) is 6.77. The molecule has 1 atom stereocenters. The molecule has 9 heteroatoms. The molecule has 0 spiro atoms. The van der Waals surface area contributed by atoms with E-state index in [0.717, 1.165) is 23.2 Å². The van der Waals surface area contributed by atoms with Gasteiger partial charge in [0.25, 0.3) is 0 Å². The molecule has 0 radical (unpaired) electrons. The Labute approximate surface area is 152 Å². The molecule has 26 heavy (non-hydrogen) atoms. The maximum absolute atomic E-state index is 12.7. The van der Waals surface area contributed by atoms with E-state index in [9.17, 15) is 18.0 Å². The quantitative estimate of drug-likeness (QED) is 0.742. The molecule has 1 aliphatic heterocycles. The predicted molar refractivity (Wildman–Crippen MR) is 89.8 cm³/mol. The number of carbonyl (C=O) groups is 1. The fourth-order valence-electron chi connectivity index (χ4n) is 2.54. The Hall–Kier alpha value is -2.29. The summed E-state index contributed by atoms with van der Waals surface area (Å²) < 4.78 is 43.7. The van der Waals surface area contributed by atoms with Crippen LogP contribution in [0.5, 0.6) is 5.88 Å². The average Bonchev–Trinajstić information content (AvgIpc) is 3.09. The lowest BCUT2D eigenvalue weighted by Gasteiger charge is -2.17. The second kappa shape index (κ2) is 7.94. The van der Waals surface area contributed by atoms with E-state index < -0.39 is 11.7 Å². The predicted octanol–water partition coefficient (Wildman–Crippen LogP) is 3.27. The van der Waals surface area contributed by atoms with Crippen molar-refractivity contribution in [2.24, 2.45) is 0 Å². The molecule has 5 nitrogen and oxygen atoms in total. The van der Waals surface area contributed by atoms with Crippen LogP contribution in [-0.4, -0.2) is 45.7 Å². The molecule has 0 aromatic carbocycles. The van der Waals surface area contributed by atoms with E-state index in [1.807, 2.05) is 12.1 Å². The van der Waals surface area contributed by atoms with Crippen LogP contribution >= 0.6 is 11.8 Å². The molecule has 0 aliphatic carbocycles. The number of amides is 1. The van der Waals surface area contributed by atoms with E-state index in [1.54, 1.807) is 17.3 Å². The van der Waals surface area contributed by atoms with Gasteiger partial charge in [-0.25, -0.2) is 4.98 Å². The third kappa shape index (κ3) is 4.87. The molecule has 138 valence electrons. The van der Waals surface area contributed by atoms with Crippen LogP contribution in [0.3, 0.4) is 0 Å². The molecule has 1 amide bonds. The van der Waals surface area contributed by atoms with E-state index in [4.69, 9.17) is 4.74 Å². The van der Waals surface area contributed by atoms with Crippen molar-refractivity contribution in [1.82, 2.24) is 14.9 Å². The lowest BCUT2D eigenvalue weighted by Crippen LogP contribution is -2.32. The van der Waals surface area contributed by atoms with Crippen LogP contribution in [0.15, 0.2) is 47.8 Å². The summed E-state index contributed by atoms with van der Waals surface area (Å²) in [5.41, 5.74) is -0.804. The van der Waals surface area contributed by atoms with Crippen molar-refractivity contribution in [2.75, 3.05) is 18.8 Å². The van der Waals surface area contributed by atoms with Crippen molar-refractivity contribution in [3.8, 4) is 5.88 Å². The topological polar surface area (TPSA) is 55.3 Å². The van der Waals surface area contributed by atoms with Crippen LogP contribution in [0.4, 0.5) is 13.2 Å². The minimum Gasteiger partial charge on any atom is -0.472 e. The first kappa shape index (κ1) is 18.5. The highest BCUT2D eigenvalue weighted by atomic mass is 32.2. The van der Waals surface area contributed by atoms with E-state index in [-0.39, 0.29) is 17.9 Å². The third-order valence-corrected chi connectivity index (χ3v) is 4.86. The maximum Gasteiger partial charge on any atom is 0.416 e. The smallest absolute Gasteiger partial charge is 0.416 e. The lowest BCUT2D eigenvalue weighted by molar-refractivity contribution is -0.137. The molecule has 1 saturated heterocycles. The maximum atomic E-state index is 12.7. The normalized spacial score (nSPS) is 17.3. The van der Waals surface area contributed by atoms with Crippen molar-refractivity contribution in [3.63, 3.8) is 0 Å². The van der Waals surface area contributed by atoms with Gasteiger partial charge in [0.15, 0.2) is 0 Å². The summed E-state index contributed by atoms with van der Waals surface area (Å²) in [5, 5.41) is 0. The number of thioether (sulfide) groups is 1. The van der Waals surface area contributed by atoms with Gasteiger partial charge in [-0.15, -0.1) is 11.8 Å². The third-order valence-electron chi connectivity index (χ3n) is 3.86. The molecular formula is C17H16F3N3O2S. The van der Waals surface area contributed by atoms with Crippen LogP contribution in [0, 0.1) is 0 Å². The number of ether oxygens (including phenoxy) is 1. The Bertz CT molecular complexity index is 758. The minimum atomic E-state index is -4.44. The summed E-state index contributed by atoms with van der Waals surface area (Å²) in [5.74, 6) is 0.179. The first-order valence-electron chi connectivity index (χ1n) is 7.92. The molecular weight excluding hydrogens is 367 g/mol. The number of aromatic nitrogens is 2. The standard InChI is InChI=1S/C17H16F3N3O2S/c18-17(19,20)12-1-7-22-15(9-12)25-13-4-8-23(10-13)16(24)11-26-14-2-5-21-6-3-14/h1-3,5-7,9,13H,4,8,10-11H2/t13-/m0/s1. The average molecular weight is 383 g/mol. The Kier molecular flexibility index (Phi) is 5.65. The number of carbonyl (C=O) groups excluding carboxylic acids is 1. The second-order valence-electron chi connectivity index (χ2n) is 5.72.